The van der Waals surface area contributed by atoms with Gasteiger partial charge in [0.15, 0.2) is 0 Å². The molecule has 1 N–H and O–H groups in total. The normalized spacial score (nSPS) is 34.3. The maximum Gasteiger partial charge on any atom is 0.0506 e. The van der Waals surface area contributed by atoms with Gasteiger partial charge in [0.05, 0.1) is 5.25 Å². The summed E-state index contributed by atoms with van der Waals surface area (Å²) >= 11 is 0. The standard InChI is InChI=1S/C12H25NOS/c1-5-10-6-7-11(13-4)12(8-10)15(14)9(2)3/h9-13H,5-8H2,1-4H3. The summed E-state index contributed by atoms with van der Waals surface area (Å²) < 4.78 is 12.2. The van der Waals surface area contributed by atoms with Crippen molar-refractivity contribution in [3.63, 3.8) is 0 Å². The maximum absolute atomic E-state index is 12.2. The van der Waals surface area contributed by atoms with Crippen LogP contribution in [0.25, 0.3) is 0 Å². The van der Waals surface area contributed by atoms with Crippen molar-refractivity contribution in [2.75, 3.05) is 7.05 Å². The number of nitrogens with one attached hydrogen (secondary N) is 1. The van der Waals surface area contributed by atoms with Crippen LogP contribution < -0.4 is 5.32 Å². The van der Waals surface area contributed by atoms with Gasteiger partial charge in [-0.25, -0.2) is 0 Å². The predicted octanol–water partition coefficient (Wildman–Crippen LogP) is 2.31. The summed E-state index contributed by atoms with van der Waals surface area (Å²) in [7, 11) is 1.33. The Kier molecular flexibility index (Phi) is 5.27. The Morgan fingerprint density at radius 2 is 2.07 bits per heavy atom. The fourth-order valence-electron chi connectivity index (χ4n) is 2.52. The van der Waals surface area contributed by atoms with Crippen LogP contribution in [0.2, 0.25) is 0 Å². The molecule has 3 heteroatoms. The molecule has 0 aliphatic heterocycles. The highest BCUT2D eigenvalue weighted by Gasteiger charge is 2.33. The van der Waals surface area contributed by atoms with Crippen molar-refractivity contribution in [1.82, 2.24) is 5.32 Å². The van der Waals surface area contributed by atoms with Gasteiger partial charge in [0.1, 0.15) is 0 Å². The third-order valence-corrected chi connectivity index (χ3v) is 5.66. The highest BCUT2D eigenvalue weighted by molar-refractivity contribution is 7.86. The molecule has 0 aromatic heterocycles. The summed E-state index contributed by atoms with van der Waals surface area (Å²) in [5.74, 6) is 0.794. The Morgan fingerprint density at radius 1 is 1.40 bits per heavy atom. The van der Waals surface area contributed by atoms with Crippen LogP contribution in [0.4, 0.5) is 0 Å². The Labute approximate surface area is 96.7 Å². The number of hydrogen-bond donors (Lipinski definition) is 1. The minimum atomic E-state index is -0.673. The zero-order valence-corrected chi connectivity index (χ0v) is 11.3. The zero-order chi connectivity index (χ0) is 11.4. The van der Waals surface area contributed by atoms with Crippen molar-refractivity contribution in [3.05, 3.63) is 0 Å². The van der Waals surface area contributed by atoms with Gasteiger partial charge in [0.2, 0.25) is 0 Å². The molecule has 1 aliphatic rings. The van der Waals surface area contributed by atoms with E-state index in [0.29, 0.717) is 16.5 Å². The Balaban J connectivity index is 2.66. The molecule has 0 saturated heterocycles. The smallest absolute Gasteiger partial charge is 0.0506 e. The van der Waals surface area contributed by atoms with Crippen molar-refractivity contribution in [3.8, 4) is 0 Å². The average Bonchev–Trinajstić information content (AvgIpc) is 2.27. The first-order chi connectivity index (χ1) is 7.10. The van der Waals surface area contributed by atoms with E-state index in [0.717, 1.165) is 12.3 Å². The zero-order valence-electron chi connectivity index (χ0n) is 10.5. The highest BCUT2D eigenvalue weighted by Crippen LogP contribution is 2.30. The molecule has 0 spiro atoms. The van der Waals surface area contributed by atoms with Gasteiger partial charge >= 0.3 is 0 Å². The topological polar surface area (TPSA) is 29.1 Å². The highest BCUT2D eigenvalue weighted by atomic mass is 32.2. The minimum absolute atomic E-state index is 0.293. The van der Waals surface area contributed by atoms with E-state index in [-0.39, 0.29) is 0 Å². The molecule has 4 unspecified atom stereocenters. The van der Waals surface area contributed by atoms with Crippen LogP contribution in [0, 0.1) is 5.92 Å². The lowest BCUT2D eigenvalue weighted by atomic mass is 9.84. The van der Waals surface area contributed by atoms with Gasteiger partial charge in [0.25, 0.3) is 0 Å². The molecule has 1 rings (SSSR count). The molecular formula is C12H25NOS. The van der Waals surface area contributed by atoms with Crippen LogP contribution >= 0.6 is 0 Å². The maximum atomic E-state index is 12.2. The molecule has 1 saturated carbocycles. The molecule has 0 bridgehead atoms. The number of hydrogen-bond acceptors (Lipinski definition) is 2. The number of rotatable bonds is 4. The second-order valence-corrected chi connectivity index (χ2v) is 7.10. The Bertz CT molecular complexity index is 218. The third-order valence-electron chi connectivity index (χ3n) is 3.61. The summed E-state index contributed by atoms with van der Waals surface area (Å²) in [5.41, 5.74) is 0. The monoisotopic (exact) mass is 231 g/mol. The van der Waals surface area contributed by atoms with Crippen LogP contribution in [0.15, 0.2) is 0 Å². The van der Waals surface area contributed by atoms with Gasteiger partial charge in [-0.05, 0) is 32.2 Å². The Morgan fingerprint density at radius 3 is 2.53 bits per heavy atom. The van der Waals surface area contributed by atoms with Crippen molar-refractivity contribution in [2.45, 2.75) is 63.0 Å². The summed E-state index contributed by atoms with van der Waals surface area (Å²) in [6, 6.07) is 0.469. The lowest BCUT2D eigenvalue weighted by Gasteiger charge is -2.36. The van der Waals surface area contributed by atoms with E-state index < -0.39 is 10.8 Å². The van der Waals surface area contributed by atoms with E-state index in [1.807, 2.05) is 7.05 Å². The summed E-state index contributed by atoms with van der Waals surface area (Å²) in [5, 5.41) is 4.00. The largest absolute Gasteiger partial charge is 0.316 e. The molecule has 1 aliphatic carbocycles. The molecule has 15 heavy (non-hydrogen) atoms. The van der Waals surface area contributed by atoms with Crippen molar-refractivity contribution in [1.29, 1.82) is 0 Å². The van der Waals surface area contributed by atoms with E-state index >= 15 is 0 Å². The van der Waals surface area contributed by atoms with Crippen molar-refractivity contribution < 1.29 is 4.21 Å². The SMILES string of the molecule is CCC1CCC(NC)C(S(=O)C(C)C)C1. The van der Waals surface area contributed by atoms with Crippen molar-refractivity contribution >= 4 is 10.8 Å². The molecular weight excluding hydrogens is 206 g/mol. The van der Waals surface area contributed by atoms with Crippen LogP contribution in [-0.4, -0.2) is 27.8 Å². The average molecular weight is 231 g/mol. The molecule has 0 aromatic carbocycles. The first-order valence-electron chi connectivity index (χ1n) is 6.16. The second-order valence-electron chi connectivity index (χ2n) is 4.90. The van der Waals surface area contributed by atoms with E-state index in [1.54, 1.807) is 0 Å². The molecule has 4 atom stereocenters. The lowest BCUT2D eigenvalue weighted by molar-refractivity contribution is 0.300. The van der Waals surface area contributed by atoms with Crippen LogP contribution in [-0.2, 0) is 10.8 Å². The Hall–Kier alpha value is 0.110. The predicted molar refractivity (Wildman–Crippen MR) is 67.5 cm³/mol. The van der Waals surface area contributed by atoms with Gasteiger partial charge in [-0.3, -0.25) is 4.21 Å². The van der Waals surface area contributed by atoms with Gasteiger partial charge in [-0.15, -0.1) is 0 Å². The minimum Gasteiger partial charge on any atom is -0.316 e. The molecule has 0 radical (unpaired) electrons. The molecule has 90 valence electrons. The van der Waals surface area contributed by atoms with Gasteiger partial charge in [-0.2, -0.15) is 0 Å². The van der Waals surface area contributed by atoms with E-state index in [4.69, 9.17) is 0 Å². The van der Waals surface area contributed by atoms with E-state index in [1.165, 1.54) is 19.3 Å². The molecule has 0 heterocycles. The van der Waals surface area contributed by atoms with Crippen LogP contribution in [0.5, 0.6) is 0 Å². The van der Waals surface area contributed by atoms with Gasteiger partial charge in [-0.1, -0.05) is 27.2 Å². The fourth-order valence-corrected chi connectivity index (χ4v) is 4.28. The van der Waals surface area contributed by atoms with E-state index in [2.05, 4.69) is 26.1 Å². The van der Waals surface area contributed by atoms with E-state index in [9.17, 15) is 4.21 Å². The fraction of sp³-hybridized carbons (Fsp3) is 1.00. The van der Waals surface area contributed by atoms with Gasteiger partial charge in [0, 0.05) is 22.1 Å². The molecule has 1 fully saturated rings. The lowest BCUT2D eigenvalue weighted by Crippen LogP contribution is -2.46. The molecule has 2 nitrogen and oxygen atoms in total. The quantitative estimate of drug-likeness (QED) is 0.804. The first-order valence-corrected chi connectivity index (χ1v) is 7.44. The van der Waals surface area contributed by atoms with Crippen LogP contribution in [0.3, 0.4) is 0 Å². The summed E-state index contributed by atoms with van der Waals surface area (Å²) in [6.07, 6.45) is 4.88. The van der Waals surface area contributed by atoms with Gasteiger partial charge < -0.3 is 5.32 Å². The molecule has 0 aromatic rings. The second kappa shape index (κ2) is 6.00. The first kappa shape index (κ1) is 13.2. The summed E-state index contributed by atoms with van der Waals surface area (Å²) in [6.45, 7) is 6.39. The van der Waals surface area contributed by atoms with Crippen molar-refractivity contribution in [2.24, 2.45) is 5.92 Å². The third kappa shape index (κ3) is 3.28. The summed E-state index contributed by atoms with van der Waals surface area (Å²) in [4.78, 5) is 0. The van der Waals surface area contributed by atoms with Crippen LogP contribution in [0.1, 0.15) is 46.5 Å². The molecule has 0 amide bonds.